The molecule has 0 spiro atoms. The number of fused-ring (bicyclic) bond motifs is 2. The summed E-state index contributed by atoms with van der Waals surface area (Å²) in [7, 11) is 0. The molecular weight excluding hydrogens is 592 g/mol. The number of aliphatic hydroxyl groups is 1. The standard InChI is InChI=1S/C32H44O13/c1-15-25(40-17(3)34)12-24-28(43-20(6)37)11-23(14-33)27(42-19(5)36)13-26(41-18(4)35)16(2)30(44-21(7)38)31(45-22(8)39)29(15)32(24,9)10/h11,24-28,31,33H,12-14H2,1-10H3/b23-11?,30-16-/t24-,25-,26-,27-,28-,31+/m0/s1. The summed E-state index contributed by atoms with van der Waals surface area (Å²) in [6.07, 6.45) is -4.45. The summed E-state index contributed by atoms with van der Waals surface area (Å²) in [5, 5.41) is 10.5. The van der Waals surface area contributed by atoms with Gasteiger partial charge in [-0.25, -0.2) is 0 Å². The minimum absolute atomic E-state index is 0.139. The van der Waals surface area contributed by atoms with Crippen molar-refractivity contribution in [3.63, 3.8) is 0 Å². The fourth-order valence-electron chi connectivity index (χ4n) is 6.15. The second kappa shape index (κ2) is 15.3. The Kier molecular flexibility index (Phi) is 12.7. The smallest absolute Gasteiger partial charge is 0.307 e. The number of esters is 6. The first-order valence-corrected chi connectivity index (χ1v) is 14.6. The number of carbonyl (C=O) groups excluding carboxylic acids is 6. The SMILES string of the molecule is CC(=O)O/C1=C(/C)[C@@H](OC(C)=O)C[C@H](OC(C)=O)C(CO)=C[C@H](OC(C)=O)[C@@H]2C[C@H](OC(C)=O)C(C)=C([C@H]1OC(C)=O)C2(C)C. The molecule has 2 aliphatic carbocycles. The van der Waals surface area contributed by atoms with Crippen LogP contribution in [0.25, 0.3) is 0 Å². The van der Waals surface area contributed by atoms with Crippen LogP contribution in [0.3, 0.4) is 0 Å². The van der Waals surface area contributed by atoms with Gasteiger partial charge in [0.15, 0.2) is 11.9 Å². The largest absolute Gasteiger partial charge is 0.458 e. The lowest BCUT2D eigenvalue weighted by Gasteiger charge is -2.48. The quantitative estimate of drug-likeness (QED) is 0.245. The molecule has 2 bridgehead atoms. The number of aliphatic hydroxyl groups excluding tert-OH is 1. The summed E-state index contributed by atoms with van der Waals surface area (Å²) in [5.41, 5.74) is 0.143. The fraction of sp³-hybridized carbons (Fsp3) is 0.625. The third kappa shape index (κ3) is 9.49. The lowest BCUT2D eigenvalue weighted by molar-refractivity contribution is -0.156. The predicted octanol–water partition coefficient (Wildman–Crippen LogP) is 3.17. The highest BCUT2D eigenvalue weighted by Gasteiger charge is 2.51. The van der Waals surface area contributed by atoms with Gasteiger partial charge in [-0.1, -0.05) is 13.8 Å². The predicted molar refractivity (Wildman–Crippen MR) is 157 cm³/mol. The van der Waals surface area contributed by atoms with Crippen LogP contribution in [0, 0.1) is 11.3 Å². The van der Waals surface area contributed by atoms with E-state index in [1.165, 1.54) is 33.8 Å². The van der Waals surface area contributed by atoms with E-state index in [4.69, 9.17) is 28.4 Å². The van der Waals surface area contributed by atoms with Crippen LogP contribution in [0.2, 0.25) is 0 Å². The van der Waals surface area contributed by atoms with E-state index in [1.807, 2.05) is 0 Å². The van der Waals surface area contributed by atoms with Crippen molar-refractivity contribution in [1.29, 1.82) is 0 Å². The Morgan fingerprint density at radius 1 is 0.689 bits per heavy atom. The molecule has 0 saturated carbocycles. The molecule has 13 nitrogen and oxygen atoms in total. The molecule has 2 aliphatic rings. The van der Waals surface area contributed by atoms with Gasteiger partial charge in [-0.2, -0.15) is 0 Å². The maximum atomic E-state index is 12.6. The van der Waals surface area contributed by atoms with Gasteiger partial charge < -0.3 is 33.5 Å². The second-order valence-electron chi connectivity index (χ2n) is 11.8. The van der Waals surface area contributed by atoms with Crippen LogP contribution in [0.4, 0.5) is 0 Å². The van der Waals surface area contributed by atoms with Crippen molar-refractivity contribution < 1.29 is 62.3 Å². The van der Waals surface area contributed by atoms with Gasteiger partial charge >= 0.3 is 35.8 Å². The summed E-state index contributed by atoms with van der Waals surface area (Å²) in [6, 6.07) is 0. The zero-order chi connectivity index (χ0) is 34.4. The Morgan fingerprint density at radius 2 is 1.16 bits per heavy atom. The van der Waals surface area contributed by atoms with E-state index in [9.17, 15) is 33.9 Å². The molecular formula is C32H44O13. The van der Waals surface area contributed by atoms with Crippen molar-refractivity contribution in [2.24, 2.45) is 11.3 Å². The molecule has 0 aliphatic heterocycles. The summed E-state index contributed by atoms with van der Waals surface area (Å²) < 4.78 is 34.3. The minimum Gasteiger partial charge on any atom is -0.458 e. The van der Waals surface area contributed by atoms with Gasteiger partial charge in [-0.15, -0.1) is 0 Å². The minimum atomic E-state index is -1.40. The van der Waals surface area contributed by atoms with Gasteiger partial charge in [-0.05, 0) is 48.5 Å². The van der Waals surface area contributed by atoms with Crippen LogP contribution in [0.5, 0.6) is 0 Å². The third-order valence-corrected chi connectivity index (χ3v) is 7.93. The Morgan fingerprint density at radius 3 is 1.60 bits per heavy atom. The zero-order valence-corrected chi connectivity index (χ0v) is 27.5. The fourth-order valence-corrected chi connectivity index (χ4v) is 6.15. The van der Waals surface area contributed by atoms with Crippen LogP contribution in [0.1, 0.15) is 82.1 Å². The van der Waals surface area contributed by atoms with E-state index < -0.39 is 84.3 Å². The number of hydrogen-bond donors (Lipinski definition) is 1. The Hall–Kier alpha value is -4.00. The van der Waals surface area contributed by atoms with Gasteiger partial charge in [0.2, 0.25) is 0 Å². The molecule has 1 N–H and O–H groups in total. The highest BCUT2D eigenvalue weighted by molar-refractivity contribution is 5.71. The summed E-state index contributed by atoms with van der Waals surface area (Å²) in [5.74, 6) is -5.09. The van der Waals surface area contributed by atoms with Gasteiger partial charge in [0, 0.05) is 59.5 Å². The average Bonchev–Trinajstić information content (AvgIpc) is 2.87. The van der Waals surface area contributed by atoms with Gasteiger partial charge in [-0.3, -0.25) is 28.8 Å². The third-order valence-electron chi connectivity index (χ3n) is 7.93. The highest BCUT2D eigenvalue weighted by Crippen LogP contribution is 2.51. The molecule has 2 rings (SSSR count). The first kappa shape index (κ1) is 37.2. The van der Waals surface area contributed by atoms with Crippen molar-refractivity contribution in [2.45, 2.75) is 113 Å². The molecule has 0 unspecified atom stereocenters. The van der Waals surface area contributed by atoms with Crippen LogP contribution in [-0.2, 0) is 57.2 Å². The first-order chi connectivity index (χ1) is 20.8. The second-order valence-corrected chi connectivity index (χ2v) is 11.8. The van der Waals surface area contributed by atoms with E-state index in [1.54, 1.807) is 20.8 Å². The molecule has 0 aromatic carbocycles. The topological polar surface area (TPSA) is 178 Å². The van der Waals surface area contributed by atoms with Crippen LogP contribution < -0.4 is 0 Å². The maximum absolute atomic E-state index is 12.6. The van der Waals surface area contributed by atoms with E-state index in [2.05, 4.69) is 0 Å². The van der Waals surface area contributed by atoms with E-state index in [-0.39, 0.29) is 29.7 Å². The summed E-state index contributed by atoms with van der Waals surface area (Å²) in [6.45, 7) is 13.2. The average molecular weight is 637 g/mol. The Balaban J connectivity index is 3.21. The molecule has 13 heteroatoms. The zero-order valence-electron chi connectivity index (χ0n) is 27.5. The molecule has 6 atom stereocenters. The number of rotatable bonds is 7. The molecule has 0 aromatic rings. The Bertz CT molecular complexity index is 1300. The summed E-state index contributed by atoms with van der Waals surface area (Å²) >= 11 is 0. The van der Waals surface area contributed by atoms with Crippen molar-refractivity contribution in [1.82, 2.24) is 0 Å². The molecule has 0 saturated heterocycles. The van der Waals surface area contributed by atoms with E-state index in [0.29, 0.717) is 11.1 Å². The van der Waals surface area contributed by atoms with Crippen molar-refractivity contribution in [3.8, 4) is 0 Å². The van der Waals surface area contributed by atoms with Crippen LogP contribution in [-0.4, -0.2) is 78.0 Å². The van der Waals surface area contributed by atoms with Crippen molar-refractivity contribution in [3.05, 3.63) is 34.1 Å². The molecule has 0 radical (unpaired) electrons. The monoisotopic (exact) mass is 636 g/mol. The lowest BCUT2D eigenvalue weighted by Crippen LogP contribution is -2.49. The maximum Gasteiger partial charge on any atom is 0.307 e. The first-order valence-electron chi connectivity index (χ1n) is 14.6. The highest BCUT2D eigenvalue weighted by atomic mass is 16.6. The normalized spacial score (nSPS) is 28.3. The number of hydrogen-bond acceptors (Lipinski definition) is 13. The van der Waals surface area contributed by atoms with Crippen molar-refractivity contribution in [2.75, 3.05) is 6.61 Å². The lowest BCUT2D eigenvalue weighted by atomic mass is 9.60. The molecule has 0 amide bonds. The van der Waals surface area contributed by atoms with Crippen molar-refractivity contribution >= 4 is 35.8 Å². The van der Waals surface area contributed by atoms with E-state index in [0.717, 1.165) is 20.8 Å². The van der Waals surface area contributed by atoms with Gasteiger partial charge in [0.25, 0.3) is 0 Å². The van der Waals surface area contributed by atoms with Crippen LogP contribution >= 0.6 is 0 Å². The van der Waals surface area contributed by atoms with Gasteiger partial charge in [0.1, 0.15) is 24.4 Å². The van der Waals surface area contributed by atoms with Crippen LogP contribution in [0.15, 0.2) is 34.1 Å². The van der Waals surface area contributed by atoms with Gasteiger partial charge in [0.05, 0.1) is 6.61 Å². The molecule has 0 fully saturated rings. The molecule has 45 heavy (non-hydrogen) atoms. The summed E-state index contributed by atoms with van der Waals surface area (Å²) in [4.78, 5) is 74.4. The molecule has 0 heterocycles. The van der Waals surface area contributed by atoms with E-state index >= 15 is 0 Å². The number of carbonyl (C=O) groups is 6. The number of ether oxygens (including phenoxy) is 6. The molecule has 0 aromatic heterocycles. The molecule has 250 valence electrons. The Labute approximate surface area is 262 Å².